The molecule has 3 rings (SSSR count). The van der Waals surface area contributed by atoms with Gasteiger partial charge < -0.3 is 14.2 Å². The summed E-state index contributed by atoms with van der Waals surface area (Å²) in [5.41, 5.74) is 0.651. The Morgan fingerprint density at radius 1 is 1.24 bits per heavy atom. The van der Waals surface area contributed by atoms with Gasteiger partial charge in [0.1, 0.15) is 5.76 Å². The Balaban J connectivity index is 1.90. The molecule has 3 aromatic rings. The zero-order valence-electron chi connectivity index (χ0n) is 11.1. The molecule has 2 aromatic heterocycles. The van der Waals surface area contributed by atoms with Crippen molar-refractivity contribution in [3.05, 3.63) is 59.3 Å². The lowest BCUT2D eigenvalue weighted by Gasteiger charge is -2.05. The summed E-state index contributed by atoms with van der Waals surface area (Å²) in [5.74, 6) is 1.04. The summed E-state index contributed by atoms with van der Waals surface area (Å²) in [7, 11) is 0. The van der Waals surface area contributed by atoms with Crippen LogP contribution in [-0.2, 0) is 0 Å². The molecule has 1 amide bonds. The molecule has 0 atom stereocenters. The second-order valence-corrected chi connectivity index (χ2v) is 4.78. The van der Waals surface area contributed by atoms with Crippen LogP contribution < -0.4 is 5.32 Å². The predicted molar refractivity (Wildman–Crippen MR) is 78.3 cm³/mol. The second kappa shape index (κ2) is 5.46. The first kappa shape index (κ1) is 13.5. The molecule has 1 aromatic carbocycles. The van der Waals surface area contributed by atoms with Crippen LogP contribution in [0, 0.1) is 6.92 Å². The van der Waals surface area contributed by atoms with E-state index in [2.05, 4.69) is 10.3 Å². The molecule has 0 aliphatic heterocycles. The van der Waals surface area contributed by atoms with Crippen molar-refractivity contribution in [3.8, 4) is 11.5 Å². The van der Waals surface area contributed by atoms with Crippen LogP contribution in [0.2, 0.25) is 5.02 Å². The van der Waals surface area contributed by atoms with E-state index in [0.717, 1.165) is 5.76 Å². The van der Waals surface area contributed by atoms with Crippen molar-refractivity contribution in [3.63, 3.8) is 0 Å². The molecule has 0 saturated heterocycles. The van der Waals surface area contributed by atoms with Crippen molar-refractivity contribution in [2.45, 2.75) is 6.92 Å². The van der Waals surface area contributed by atoms with E-state index in [1.54, 1.807) is 36.4 Å². The number of carbonyl (C=O) groups excluding carboxylic acids is 1. The van der Waals surface area contributed by atoms with Crippen LogP contribution in [0.5, 0.6) is 0 Å². The van der Waals surface area contributed by atoms with E-state index >= 15 is 0 Å². The van der Waals surface area contributed by atoms with Crippen molar-refractivity contribution in [2.24, 2.45) is 0 Å². The zero-order chi connectivity index (χ0) is 14.8. The number of furan rings is 1. The largest absolute Gasteiger partial charge is 0.458 e. The first-order valence-electron chi connectivity index (χ1n) is 6.21. The van der Waals surface area contributed by atoms with Crippen LogP contribution in [0.25, 0.3) is 11.5 Å². The summed E-state index contributed by atoms with van der Waals surface area (Å²) in [6.45, 7) is 1.81. The van der Waals surface area contributed by atoms with Crippen molar-refractivity contribution in [1.82, 2.24) is 4.98 Å². The zero-order valence-corrected chi connectivity index (χ0v) is 11.8. The molecule has 0 aliphatic carbocycles. The SMILES string of the molecule is Cc1ccc(-c2ocnc2C(=O)Nc2ccccc2Cl)o1. The Morgan fingerprint density at radius 3 is 2.76 bits per heavy atom. The van der Waals surface area contributed by atoms with Crippen molar-refractivity contribution >= 4 is 23.2 Å². The van der Waals surface area contributed by atoms with Gasteiger partial charge in [-0.3, -0.25) is 4.79 Å². The van der Waals surface area contributed by atoms with E-state index in [4.69, 9.17) is 20.4 Å². The molecule has 106 valence electrons. The number of nitrogens with zero attached hydrogens (tertiary/aromatic N) is 1. The minimum Gasteiger partial charge on any atom is -0.458 e. The Kier molecular flexibility index (Phi) is 3.50. The minimum atomic E-state index is -0.416. The number of rotatable bonds is 3. The van der Waals surface area contributed by atoms with E-state index in [1.165, 1.54) is 6.39 Å². The molecule has 0 radical (unpaired) electrons. The summed E-state index contributed by atoms with van der Waals surface area (Å²) in [6, 6.07) is 10.5. The number of anilines is 1. The molecule has 0 aliphatic rings. The number of oxazole rings is 1. The molecule has 6 heteroatoms. The fraction of sp³-hybridized carbons (Fsp3) is 0.0667. The highest BCUT2D eigenvalue weighted by atomic mass is 35.5. The second-order valence-electron chi connectivity index (χ2n) is 4.37. The number of hydrogen-bond acceptors (Lipinski definition) is 4. The van der Waals surface area contributed by atoms with Crippen LogP contribution in [0.1, 0.15) is 16.2 Å². The summed E-state index contributed by atoms with van der Waals surface area (Å²) < 4.78 is 10.7. The Labute approximate surface area is 125 Å². The number of aryl methyl sites for hydroxylation is 1. The highest BCUT2D eigenvalue weighted by Crippen LogP contribution is 2.27. The molecule has 1 N–H and O–H groups in total. The van der Waals surface area contributed by atoms with Gasteiger partial charge >= 0.3 is 0 Å². The van der Waals surface area contributed by atoms with Gasteiger partial charge in [0.05, 0.1) is 10.7 Å². The Hall–Kier alpha value is -2.53. The number of aromatic nitrogens is 1. The smallest absolute Gasteiger partial charge is 0.278 e. The van der Waals surface area contributed by atoms with Gasteiger partial charge in [-0.1, -0.05) is 23.7 Å². The van der Waals surface area contributed by atoms with Crippen molar-refractivity contribution < 1.29 is 13.6 Å². The summed E-state index contributed by atoms with van der Waals surface area (Å²) in [5, 5.41) is 3.14. The van der Waals surface area contributed by atoms with Gasteiger partial charge in [0.15, 0.2) is 17.8 Å². The number of carbonyl (C=O) groups is 1. The highest BCUT2D eigenvalue weighted by Gasteiger charge is 2.21. The summed E-state index contributed by atoms with van der Waals surface area (Å²) in [6.07, 6.45) is 1.20. The predicted octanol–water partition coefficient (Wildman–Crippen LogP) is 4.15. The quantitative estimate of drug-likeness (QED) is 0.789. The molecule has 5 nitrogen and oxygen atoms in total. The number of hydrogen-bond donors (Lipinski definition) is 1. The van der Waals surface area contributed by atoms with Crippen molar-refractivity contribution in [1.29, 1.82) is 0 Å². The fourth-order valence-electron chi connectivity index (χ4n) is 1.88. The Morgan fingerprint density at radius 2 is 2.05 bits per heavy atom. The standard InChI is InChI=1S/C15H11ClN2O3/c1-9-6-7-12(21-9)14-13(17-8-20-14)15(19)18-11-5-3-2-4-10(11)16/h2-8H,1H3,(H,18,19). The maximum absolute atomic E-state index is 12.3. The highest BCUT2D eigenvalue weighted by molar-refractivity contribution is 6.33. The molecular formula is C15H11ClN2O3. The third kappa shape index (κ3) is 2.68. The lowest BCUT2D eigenvalue weighted by Crippen LogP contribution is -2.13. The molecule has 0 unspecified atom stereocenters. The van der Waals surface area contributed by atoms with Gasteiger partial charge in [-0.05, 0) is 31.2 Å². The van der Waals surface area contributed by atoms with Crippen LogP contribution >= 0.6 is 11.6 Å². The first-order chi connectivity index (χ1) is 10.1. The maximum Gasteiger partial charge on any atom is 0.278 e. The van der Waals surface area contributed by atoms with E-state index in [-0.39, 0.29) is 11.5 Å². The molecule has 0 spiro atoms. The van der Waals surface area contributed by atoms with Crippen molar-refractivity contribution in [2.75, 3.05) is 5.32 Å². The average molecular weight is 303 g/mol. The van der Waals surface area contributed by atoms with Gasteiger partial charge in [0, 0.05) is 0 Å². The van der Waals surface area contributed by atoms with E-state index < -0.39 is 5.91 Å². The topological polar surface area (TPSA) is 68.3 Å². The fourth-order valence-corrected chi connectivity index (χ4v) is 2.07. The first-order valence-corrected chi connectivity index (χ1v) is 6.59. The third-order valence-electron chi connectivity index (χ3n) is 2.87. The summed E-state index contributed by atoms with van der Waals surface area (Å²) in [4.78, 5) is 16.2. The lowest BCUT2D eigenvalue weighted by molar-refractivity contribution is 0.102. The average Bonchev–Trinajstić information content (AvgIpc) is 3.09. The number of amides is 1. The van der Waals surface area contributed by atoms with Crippen LogP contribution in [0.3, 0.4) is 0 Å². The molecule has 2 heterocycles. The molecule has 0 bridgehead atoms. The maximum atomic E-state index is 12.3. The van der Waals surface area contributed by atoms with E-state index in [1.807, 2.05) is 6.92 Å². The van der Waals surface area contributed by atoms with Gasteiger partial charge in [-0.2, -0.15) is 0 Å². The lowest BCUT2D eigenvalue weighted by atomic mass is 10.2. The van der Waals surface area contributed by atoms with Crippen LogP contribution in [-0.4, -0.2) is 10.9 Å². The minimum absolute atomic E-state index is 0.143. The van der Waals surface area contributed by atoms with Gasteiger partial charge in [-0.25, -0.2) is 4.98 Å². The van der Waals surface area contributed by atoms with E-state index in [0.29, 0.717) is 16.5 Å². The monoisotopic (exact) mass is 302 g/mol. The summed E-state index contributed by atoms with van der Waals surface area (Å²) >= 11 is 6.01. The van der Waals surface area contributed by atoms with Crippen LogP contribution in [0.4, 0.5) is 5.69 Å². The van der Waals surface area contributed by atoms with Crippen LogP contribution in [0.15, 0.2) is 51.6 Å². The van der Waals surface area contributed by atoms with Gasteiger partial charge in [0.2, 0.25) is 5.76 Å². The third-order valence-corrected chi connectivity index (χ3v) is 3.20. The van der Waals surface area contributed by atoms with Gasteiger partial charge in [0.25, 0.3) is 5.91 Å². The number of nitrogens with one attached hydrogen (secondary N) is 1. The molecule has 0 saturated carbocycles. The van der Waals surface area contributed by atoms with Gasteiger partial charge in [-0.15, -0.1) is 0 Å². The normalized spacial score (nSPS) is 10.6. The number of para-hydroxylation sites is 1. The Bertz CT molecular complexity index is 792. The molecule has 21 heavy (non-hydrogen) atoms. The number of halogens is 1. The number of benzene rings is 1. The van der Waals surface area contributed by atoms with E-state index in [9.17, 15) is 4.79 Å². The molecular weight excluding hydrogens is 292 g/mol. The molecule has 0 fully saturated rings.